The van der Waals surface area contributed by atoms with Crippen LogP contribution in [0.1, 0.15) is 47.3 Å². The molecule has 3 aromatic rings. The number of halogens is 1. The predicted molar refractivity (Wildman–Crippen MR) is 122 cm³/mol. The van der Waals surface area contributed by atoms with Gasteiger partial charge in [-0.2, -0.15) is 0 Å². The highest BCUT2D eigenvalue weighted by molar-refractivity contribution is 6.31. The van der Waals surface area contributed by atoms with E-state index in [2.05, 4.69) is 23.8 Å². The van der Waals surface area contributed by atoms with Gasteiger partial charge >= 0.3 is 0 Å². The summed E-state index contributed by atoms with van der Waals surface area (Å²) in [6, 6.07) is 17.2. The summed E-state index contributed by atoms with van der Waals surface area (Å²) in [6.07, 6.45) is 3.87. The normalized spacial score (nSPS) is 11.8. The van der Waals surface area contributed by atoms with Crippen LogP contribution in [0, 0.1) is 0 Å². The Morgan fingerprint density at radius 3 is 2.66 bits per heavy atom. The Hall–Kier alpha value is -2.82. The third-order valence-electron chi connectivity index (χ3n) is 4.93. The number of nitrogens with two attached hydrogens (primary N) is 2. The van der Waals surface area contributed by atoms with Crippen molar-refractivity contribution in [3.05, 3.63) is 100 Å². The number of aromatic nitrogens is 1. The van der Waals surface area contributed by atoms with Crippen LogP contribution in [0.2, 0.25) is 5.02 Å². The van der Waals surface area contributed by atoms with Gasteiger partial charge in [0.1, 0.15) is 0 Å². The fourth-order valence-electron chi connectivity index (χ4n) is 3.18. The smallest absolute Gasteiger partial charge is 0.0587 e. The quantitative estimate of drug-likeness (QED) is 0.456. The molecule has 5 N–H and O–H groups in total. The van der Waals surface area contributed by atoms with Crippen molar-refractivity contribution in [3.63, 3.8) is 0 Å². The van der Waals surface area contributed by atoms with E-state index in [9.17, 15) is 0 Å². The van der Waals surface area contributed by atoms with Crippen LogP contribution in [0.15, 0.2) is 67.4 Å². The van der Waals surface area contributed by atoms with Crippen molar-refractivity contribution < 1.29 is 0 Å². The van der Waals surface area contributed by atoms with Gasteiger partial charge in [0.05, 0.1) is 6.04 Å². The van der Waals surface area contributed by atoms with Gasteiger partial charge in [-0.05, 0) is 52.9 Å². The van der Waals surface area contributed by atoms with E-state index in [0.29, 0.717) is 12.2 Å². The lowest BCUT2D eigenvalue weighted by atomic mass is 9.96. The van der Waals surface area contributed by atoms with Crippen LogP contribution in [-0.4, -0.2) is 4.98 Å². The highest BCUT2D eigenvalue weighted by atomic mass is 35.5. The van der Waals surface area contributed by atoms with Crippen molar-refractivity contribution in [2.45, 2.75) is 32.4 Å². The van der Waals surface area contributed by atoms with Crippen molar-refractivity contribution in [3.8, 4) is 0 Å². The van der Waals surface area contributed by atoms with Gasteiger partial charge in [-0.25, -0.2) is 0 Å². The van der Waals surface area contributed by atoms with Gasteiger partial charge in [0, 0.05) is 34.8 Å². The fourth-order valence-corrected chi connectivity index (χ4v) is 3.38. The van der Waals surface area contributed by atoms with E-state index in [1.807, 2.05) is 60.8 Å². The van der Waals surface area contributed by atoms with E-state index < -0.39 is 0 Å². The second-order valence-corrected chi connectivity index (χ2v) is 7.48. The minimum absolute atomic E-state index is 0.352. The van der Waals surface area contributed by atoms with Gasteiger partial charge in [-0.15, -0.1) is 0 Å². The SMILES string of the molecule is C=C(NCc1ccccc1Cl)c1ccc(N)c(C(N)c2ccc(CCC)nc2)c1. The summed E-state index contributed by atoms with van der Waals surface area (Å²) < 4.78 is 0. The molecule has 0 aliphatic rings. The topological polar surface area (TPSA) is 77.0 Å². The molecule has 4 nitrogen and oxygen atoms in total. The van der Waals surface area contributed by atoms with Crippen LogP contribution in [0.3, 0.4) is 0 Å². The number of nitrogen functional groups attached to an aromatic ring is 1. The molecule has 0 saturated carbocycles. The summed E-state index contributed by atoms with van der Waals surface area (Å²) in [6.45, 7) is 6.89. The molecule has 0 amide bonds. The Balaban J connectivity index is 1.76. The summed E-state index contributed by atoms with van der Waals surface area (Å²) in [4.78, 5) is 4.51. The number of benzene rings is 2. The highest BCUT2D eigenvalue weighted by Crippen LogP contribution is 2.27. The zero-order valence-electron chi connectivity index (χ0n) is 16.7. The molecule has 1 heterocycles. The minimum atomic E-state index is -0.352. The average Bonchev–Trinajstić information content (AvgIpc) is 2.73. The van der Waals surface area contributed by atoms with E-state index in [-0.39, 0.29) is 6.04 Å². The van der Waals surface area contributed by atoms with Gasteiger partial charge in [-0.1, -0.05) is 61.9 Å². The third-order valence-corrected chi connectivity index (χ3v) is 5.30. The Kier molecular flexibility index (Phi) is 6.91. The summed E-state index contributed by atoms with van der Waals surface area (Å²) in [5.41, 5.74) is 19.0. The van der Waals surface area contributed by atoms with Gasteiger partial charge in [-0.3, -0.25) is 4.98 Å². The molecule has 150 valence electrons. The zero-order valence-corrected chi connectivity index (χ0v) is 17.4. The standard InChI is InChI=1S/C24H27ClN4/c1-3-6-20-11-9-19(15-29-20)24(27)21-13-17(10-12-23(21)26)16(2)28-14-18-7-4-5-8-22(18)25/h4-5,7-13,15,24,28H,2-3,6,14,26-27H2,1H3. The van der Waals surface area contributed by atoms with Crippen molar-refractivity contribution in [1.82, 2.24) is 10.3 Å². The van der Waals surface area contributed by atoms with Crippen molar-refractivity contribution >= 4 is 23.0 Å². The van der Waals surface area contributed by atoms with Crippen LogP contribution < -0.4 is 16.8 Å². The van der Waals surface area contributed by atoms with Crippen LogP contribution in [0.4, 0.5) is 5.69 Å². The van der Waals surface area contributed by atoms with Gasteiger partial charge in [0.25, 0.3) is 0 Å². The molecule has 1 aromatic heterocycles. The molecule has 0 radical (unpaired) electrons. The van der Waals surface area contributed by atoms with Gasteiger partial charge < -0.3 is 16.8 Å². The van der Waals surface area contributed by atoms with Gasteiger partial charge in [0.15, 0.2) is 0 Å². The van der Waals surface area contributed by atoms with Gasteiger partial charge in [0.2, 0.25) is 0 Å². The molecule has 0 aliphatic carbocycles. The molecule has 0 saturated heterocycles. The van der Waals surface area contributed by atoms with Crippen molar-refractivity contribution in [2.24, 2.45) is 5.73 Å². The molecule has 2 aromatic carbocycles. The number of hydrogen-bond donors (Lipinski definition) is 3. The number of aryl methyl sites for hydroxylation is 1. The molecule has 0 fully saturated rings. The first-order valence-corrected chi connectivity index (χ1v) is 10.1. The minimum Gasteiger partial charge on any atom is -0.398 e. The second kappa shape index (κ2) is 9.59. The molecule has 1 atom stereocenters. The predicted octanol–water partition coefficient (Wildman–Crippen LogP) is 5.08. The first-order chi connectivity index (χ1) is 14.0. The molecule has 0 aliphatic heterocycles. The maximum absolute atomic E-state index is 6.51. The number of anilines is 1. The van der Waals surface area contributed by atoms with Crippen molar-refractivity contribution in [2.75, 3.05) is 5.73 Å². The first kappa shape index (κ1) is 20.9. The fraction of sp³-hybridized carbons (Fsp3) is 0.208. The van der Waals surface area contributed by atoms with E-state index in [4.69, 9.17) is 23.1 Å². The lowest BCUT2D eigenvalue weighted by molar-refractivity contribution is 0.840. The lowest BCUT2D eigenvalue weighted by Crippen LogP contribution is -2.16. The van der Waals surface area contributed by atoms with Crippen LogP contribution in [-0.2, 0) is 13.0 Å². The van der Waals surface area contributed by atoms with Crippen molar-refractivity contribution in [1.29, 1.82) is 0 Å². The highest BCUT2D eigenvalue weighted by Gasteiger charge is 2.14. The number of rotatable bonds is 8. The third kappa shape index (κ3) is 5.17. The number of nitrogens with one attached hydrogen (secondary N) is 1. The second-order valence-electron chi connectivity index (χ2n) is 7.08. The molecule has 5 heteroatoms. The maximum Gasteiger partial charge on any atom is 0.0587 e. The Bertz CT molecular complexity index is 982. The number of nitrogens with zero attached hydrogens (tertiary/aromatic N) is 1. The van der Waals surface area contributed by atoms with E-state index in [0.717, 1.165) is 51.5 Å². The molecular weight excluding hydrogens is 380 g/mol. The Morgan fingerprint density at radius 1 is 1.17 bits per heavy atom. The van der Waals surface area contributed by atoms with E-state index in [1.54, 1.807) is 0 Å². The number of hydrogen-bond acceptors (Lipinski definition) is 4. The Labute approximate surface area is 177 Å². The first-order valence-electron chi connectivity index (χ1n) is 9.76. The molecule has 3 rings (SSSR count). The maximum atomic E-state index is 6.51. The average molecular weight is 407 g/mol. The summed E-state index contributed by atoms with van der Waals surface area (Å²) in [5.74, 6) is 0. The molecule has 1 unspecified atom stereocenters. The van der Waals surface area contributed by atoms with E-state index in [1.165, 1.54) is 0 Å². The molecular formula is C24H27ClN4. The van der Waals surface area contributed by atoms with Crippen LogP contribution >= 0.6 is 11.6 Å². The lowest BCUT2D eigenvalue weighted by Gasteiger charge is -2.18. The molecule has 0 spiro atoms. The summed E-state index contributed by atoms with van der Waals surface area (Å²) in [5, 5.41) is 4.06. The zero-order chi connectivity index (χ0) is 20.8. The summed E-state index contributed by atoms with van der Waals surface area (Å²) >= 11 is 6.23. The number of pyridine rings is 1. The monoisotopic (exact) mass is 406 g/mol. The molecule has 0 bridgehead atoms. The van der Waals surface area contributed by atoms with Crippen LogP contribution in [0.25, 0.3) is 5.70 Å². The molecule has 29 heavy (non-hydrogen) atoms. The van der Waals surface area contributed by atoms with E-state index >= 15 is 0 Å². The largest absolute Gasteiger partial charge is 0.398 e. The summed E-state index contributed by atoms with van der Waals surface area (Å²) in [7, 11) is 0. The Morgan fingerprint density at radius 2 is 1.97 bits per heavy atom. The van der Waals surface area contributed by atoms with Crippen LogP contribution in [0.5, 0.6) is 0 Å².